The summed E-state index contributed by atoms with van der Waals surface area (Å²) in [5, 5.41) is 0. The van der Waals surface area contributed by atoms with Gasteiger partial charge in [0.2, 0.25) is 0 Å². The molecule has 0 unspecified atom stereocenters. The van der Waals surface area contributed by atoms with Crippen molar-refractivity contribution in [1.82, 2.24) is 10.9 Å². The molecule has 15 heavy (non-hydrogen) atoms. The van der Waals surface area contributed by atoms with E-state index >= 15 is 0 Å². The first-order valence-corrected chi connectivity index (χ1v) is 5.42. The van der Waals surface area contributed by atoms with Gasteiger partial charge in [-0.2, -0.15) is 0 Å². The monoisotopic (exact) mass is 209 g/mol. The van der Waals surface area contributed by atoms with Gasteiger partial charge >= 0.3 is 6.03 Å². The molecule has 4 nitrogen and oxygen atoms in total. The molecule has 2 aliphatic carbocycles. The molecule has 0 aromatic carbocycles. The maximum atomic E-state index is 10.6. The lowest BCUT2D eigenvalue weighted by atomic mass is 9.69. The molecule has 4 N–H and O–H groups in total. The molecular formula is C11H19N3O. The van der Waals surface area contributed by atoms with Crippen LogP contribution in [0.5, 0.6) is 0 Å². The average Bonchev–Trinajstić information content (AvgIpc) is 2.46. The zero-order valence-electron chi connectivity index (χ0n) is 9.55. The van der Waals surface area contributed by atoms with Crippen LogP contribution in [-0.4, -0.2) is 6.03 Å². The molecule has 0 saturated heterocycles. The van der Waals surface area contributed by atoms with Gasteiger partial charge < -0.3 is 11.2 Å². The van der Waals surface area contributed by atoms with E-state index in [9.17, 15) is 4.79 Å². The maximum Gasteiger partial charge on any atom is 0.330 e. The molecule has 0 aromatic heterocycles. The number of allylic oxidation sites excluding steroid dienone is 2. The number of rotatable bonds is 2. The SMILES string of the molecule is CC1(C)[C@H]2C=C(NNC(N)=O)[C@]1(C)CC2. The van der Waals surface area contributed by atoms with Crippen LogP contribution in [0, 0.1) is 16.7 Å². The number of nitrogens with two attached hydrogens (primary N) is 1. The number of hydrazine groups is 1. The van der Waals surface area contributed by atoms with Crippen molar-refractivity contribution in [2.45, 2.75) is 33.6 Å². The van der Waals surface area contributed by atoms with Crippen molar-refractivity contribution < 1.29 is 4.79 Å². The fourth-order valence-corrected chi connectivity index (χ4v) is 3.00. The molecule has 4 heteroatoms. The molecule has 2 rings (SSSR count). The van der Waals surface area contributed by atoms with Crippen LogP contribution in [0.15, 0.2) is 11.8 Å². The summed E-state index contributed by atoms with van der Waals surface area (Å²) in [4.78, 5) is 10.6. The van der Waals surface area contributed by atoms with E-state index in [1.165, 1.54) is 12.8 Å². The Hall–Kier alpha value is -1.19. The first-order chi connectivity index (χ1) is 6.88. The fraction of sp³-hybridized carbons (Fsp3) is 0.727. The highest BCUT2D eigenvalue weighted by Gasteiger charge is 2.57. The summed E-state index contributed by atoms with van der Waals surface area (Å²) in [6.45, 7) is 6.84. The van der Waals surface area contributed by atoms with Crippen molar-refractivity contribution in [1.29, 1.82) is 0 Å². The number of hydrogen-bond donors (Lipinski definition) is 3. The molecule has 0 radical (unpaired) electrons. The molecule has 1 fully saturated rings. The normalized spacial score (nSPS) is 36.2. The first kappa shape index (κ1) is 10.3. The maximum absolute atomic E-state index is 10.6. The Morgan fingerprint density at radius 3 is 2.60 bits per heavy atom. The Morgan fingerprint density at radius 1 is 1.53 bits per heavy atom. The van der Waals surface area contributed by atoms with E-state index in [-0.39, 0.29) is 10.8 Å². The van der Waals surface area contributed by atoms with Crippen LogP contribution in [0.2, 0.25) is 0 Å². The van der Waals surface area contributed by atoms with E-state index in [1.54, 1.807) is 0 Å². The Bertz CT molecular complexity index is 335. The standard InChI is InChI=1S/C11H19N3O/c1-10(2)7-4-5-11(10,3)8(6-7)13-14-9(12)15/h6-7,13H,4-5H2,1-3H3,(H3,12,14,15)/t7-,11+/m1/s1. The zero-order chi connectivity index (χ0) is 11.3. The van der Waals surface area contributed by atoms with E-state index in [0.717, 1.165) is 5.70 Å². The molecule has 2 atom stereocenters. The van der Waals surface area contributed by atoms with Crippen LogP contribution in [0.1, 0.15) is 33.6 Å². The van der Waals surface area contributed by atoms with Gasteiger partial charge in [0.15, 0.2) is 0 Å². The lowest BCUT2D eigenvalue weighted by Crippen LogP contribution is -2.45. The number of nitrogens with one attached hydrogen (secondary N) is 2. The third kappa shape index (κ3) is 1.24. The van der Waals surface area contributed by atoms with E-state index in [1.807, 2.05) is 0 Å². The number of carbonyl (C=O) groups excluding carboxylic acids is 1. The highest BCUT2D eigenvalue weighted by atomic mass is 16.2. The second-order valence-corrected chi connectivity index (χ2v) is 5.39. The molecule has 0 aromatic rings. The highest BCUT2D eigenvalue weighted by molar-refractivity contribution is 5.71. The second-order valence-electron chi connectivity index (χ2n) is 5.39. The summed E-state index contributed by atoms with van der Waals surface area (Å²) in [6.07, 6.45) is 4.65. The minimum Gasteiger partial charge on any atom is -0.350 e. The lowest BCUT2D eigenvalue weighted by molar-refractivity contribution is 0.161. The minimum absolute atomic E-state index is 0.139. The van der Waals surface area contributed by atoms with Crippen LogP contribution >= 0.6 is 0 Å². The van der Waals surface area contributed by atoms with Crippen molar-refractivity contribution in [3.05, 3.63) is 11.8 Å². The summed E-state index contributed by atoms with van der Waals surface area (Å²) < 4.78 is 0. The van der Waals surface area contributed by atoms with Gasteiger partial charge in [-0.1, -0.05) is 26.8 Å². The van der Waals surface area contributed by atoms with Crippen molar-refractivity contribution in [2.75, 3.05) is 0 Å². The van der Waals surface area contributed by atoms with Crippen LogP contribution in [-0.2, 0) is 0 Å². The van der Waals surface area contributed by atoms with E-state index in [4.69, 9.17) is 5.73 Å². The van der Waals surface area contributed by atoms with Crippen molar-refractivity contribution in [2.24, 2.45) is 22.5 Å². The van der Waals surface area contributed by atoms with Gasteiger partial charge in [-0.3, -0.25) is 5.43 Å². The average molecular weight is 209 g/mol. The Balaban J connectivity index is 2.16. The number of urea groups is 1. The van der Waals surface area contributed by atoms with Gasteiger partial charge in [-0.05, 0) is 24.2 Å². The lowest BCUT2D eigenvalue weighted by Gasteiger charge is -2.37. The third-order valence-corrected chi connectivity index (χ3v) is 4.59. The highest BCUT2D eigenvalue weighted by Crippen LogP contribution is 2.64. The number of fused-ring (bicyclic) bond motifs is 2. The Labute approximate surface area is 90.3 Å². The predicted octanol–water partition coefficient (Wildman–Crippen LogP) is 1.50. The molecule has 2 aliphatic rings. The van der Waals surface area contributed by atoms with Gasteiger partial charge in [0.25, 0.3) is 0 Å². The number of carbonyl (C=O) groups is 1. The number of primary amides is 1. The van der Waals surface area contributed by atoms with E-state index < -0.39 is 6.03 Å². The summed E-state index contributed by atoms with van der Waals surface area (Å²) >= 11 is 0. The molecule has 0 heterocycles. The largest absolute Gasteiger partial charge is 0.350 e. The van der Waals surface area contributed by atoms with Crippen LogP contribution in [0.4, 0.5) is 4.79 Å². The topological polar surface area (TPSA) is 67.2 Å². The second kappa shape index (κ2) is 2.90. The van der Waals surface area contributed by atoms with Gasteiger partial charge in [0, 0.05) is 11.1 Å². The summed E-state index contributed by atoms with van der Waals surface area (Å²) in [5.41, 5.74) is 12.0. The predicted molar refractivity (Wildman–Crippen MR) is 58.5 cm³/mol. The van der Waals surface area contributed by atoms with Crippen LogP contribution in [0.3, 0.4) is 0 Å². The van der Waals surface area contributed by atoms with Gasteiger partial charge in [0.1, 0.15) is 0 Å². The number of hydrogen-bond acceptors (Lipinski definition) is 2. The molecule has 1 saturated carbocycles. The third-order valence-electron chi connectivity index (χ3n) is 4.59. The van der Waals surface area contributed by atoms with Crippen LogP contribution < -0.4 is 16.6 Å². The molecule has 2 amide bonds. The zero-order valence-corrected chi connectivity index (χ0v) is 9.55. The van der Waals surface area contributed by atoms with Crippen molar-refractivity contribution >= 4 is 6.03 Å². The molecule has 84 valence electrons. The first-order valence-electron chi connectivity index (χ1n) is 5.42. The smallest absolute Gasteiger partial charge is 0.330 e. The summed E-state index contributed by atoms with van der Waals surface area (Å²) in [5.74, 6) is 0.611. The van der Waals surface area contributed by atoms with E-state index in [0.29, 0.717) is 5.92 Å². The van der Waals surface area contributed by atoms with E-state index in [2.05, 4.69) is 37.7 Å². The molecule has 2 bridgehead atoms. The van der Waals surface area contributed by atoms with Gasteiger partial charge in [0.05, 0.1) is 0 Å². The van der Waals surface area contributed by atoms with Crippen LogP contribution in [0.25, 0.3) is 0 Å². The minimum atomic E-state index is -0.542. The molecule has 0 aliphatic heterocycles. The fourth-order valence-electron chi connectivity index (χ4n) is 3.00. The van der Waals surface area contributed by atoms with Gasteiger partial charge in [-0.25, -0.2) is 4.79 Å². The molecule has 0 spiro atoms. The molecular weight excluding hydrogens is 190 g/mol. The van der Waals surface area contributed by atoms with Gasteiger partial charge in [-0.15, -0.1) is 0 Å². The summed E-state index contributed by atoms with van der Waals surface area (Å²) in [7, 11) is 0. The van der Waals surface area contributed by atoms with Crippen molar-refractivity contribution in [3.63, 3.8) is 0 Å². The Kier molecular flexibility index (Phi) is 2.00. The number of amides is 2. The quantitative estimate of drug-likeness (QED) is 0.603. The Morgan fingerprint density at radius 2 is 2.20 bits per heavy atom. The van der Waals surface area contributed by atoms with Crippen molar-refractivity contribution in [3.8, 4) is 0 Å². The summed E-state index contributed by atoms with van der Waals surface area (Å²) in [6, 6.07) is -0.542.